The molecule has 41 heavy (non-hydrogen) atoms. The molecule has 0 atom stereocenters. The maximum absolute atomic E-state index is 13.2. The van der Waals surface area contributed by atoms with Gasteiger partial charge in [-0.2, -0.15) is 5.10 Å². The third kappa shape index (κ3) is 6.59. The van der Waals surface area contributed by atoms with Gasteiger partial charge in [0, 0.05) is 36.2 Å². The van der Waals surface area contributed by atoms with E-state index in [2.05, 4.69) is 20.7 Å². The molecule has 208 valence electrons. The Bertz CT molecular complexity index is 1690. The van der Waals surface area contributed by atoms with Gasteiger partial charge < -0.3 is 14.8 Å². The first-order valence-corrected chi connectivity index (χ1v) is 13.3. The van der Waals surface area contributed by atoms with Crippen molar-refractivity contribution in [3.63, 3.8) is 0 Å². The molecule has 2 heterocycles. The predicted molar refractivity (Wildman–Crippen MR) is 159 cm³/mol. The summed E-state index contributed by atoms with van der Waals surface area (Å²) in [6.07, 6.45) is 2.51. The van der Waals surface area contributed by atoms with E-state index in [1.54, 1.807) is 35.1 Å². The number of nitrogens with zero attached hydrogens (tertiary/aromatic N) is 3. The fourth-order valence-electron chi connectivity index (χ4n) is 4.47. The van der Waals surface area contributed by atoms with Crippen LogP contribution >= 0.6 is 0 Å². The molecule has 9 nitrogen and oxygen atoms in total. The standard InChI is InChI=1S/C32H31N5O4/c1-4-22-19-31(37(36-22)24-11-9-21(2)10-12-24)35-32(39)34-29-13-14-30(28-8-6-5-7-27(28)29)41-26-15-16-33-23(18-26)17-25(38)20-40-3/h5-16,18-19H,4,17,20H2,1-3H3,(H2,34,35,39). The maximum atomic E-state index is 13.2. The molecule has 0 radical (unpaired) electrons. The number of amides is 2. The van der Waals surface area contributed by atoms with Gasteiger partial charge in [0.15, 0.2) is 5.78 Å². The van der Waals surface area contributed by atoms with E-state index in [-0.39, 0.29) is 24.8 Å². The molecule has 0 unspecified atom stereocenters. The van der Waals surface area contributed by atoms with Gasteiger partial charge in [-0.05, 0) is 43.7 Å². The van der Waals surface area contributed by atoms with Crippen LogP contribution in [0.15, 0.2) is 85.1 Å². The van der Waals surface area contributed by atoms with Gasteiger partial charge >= 0.3 is 6.03 Å². The highest BCUT2D eigenvalue weighted by atomic mass is 16.5. The predicted octanol–water partition coefficient (Wildman–Crippen LogP) is 6.49. The number of Topliss-reactive ketones (excluding diaryl/α,β-unsaturated/α-hetero) is 1. The van der Waals surface area contributed by atoms with Gasteiger partial charge in [-0.15, -0.1) is 0 Å². The first-order chi connectivity index (χ1) is 19.9. The first kappa shape index (κ1) is 27.5. The van der Waals surface area contributed by atoms with Crippen LogP contribution in [0.4, 0.5) is 16.3 Å². The van der Waals surface area contributed by atoms with Crippen molar-refractivity contribution in [3.8, 4) is 17.2 Å². The van der Waals surface area contributed by atoms with Crippen molar-refractivity contribution >= 4 is 34.1 Å². The van der Waals surface area contributed by atoms with E-state index in [1.165, 1.54) is 7.11 Å². The Hall–Kier alpha value is -5.02. The highest BCUT2D eigenvalue weighted by molar-refractivity contribution is 6.07. The van der Waals surface area contributed by atoms with E-state index < -0.39 is 0 Å². The molecular weight excluding hydrogens is 518 g/mol. The Morgan fingerprint density at radius 2 is 1.68 bits per heavy atom. The van der Waals surface area contributed by atoms with E-state index >= 15 is 0 Å². The van der Waals surface area contributed by atoms with E-state index in [1.807, 2.05) is 68.4 Å². The molecule has 0 saturated carbocycles. The van der Waals surface area contributed by atoms with Crippen molar-refractivity contribution in [3.05, 3.63) is 102 Å². The number of ether oxygens (including phenoxy) is 2. The third-order valence-electron chi connectivity index (χ3n) is 6.47. The molecule has 0 aliphatic carbocycles. The van der Waals surface area contributed by atoms with Crippen LogP contribution in [0.1, 0.15) is 23.9 Å². The maximum Gasteiger partial charge on any atom is 0.324 e. The van der Waals surface area contributed by atoms with Gasteiger partial charge in [0.1, 0.15) is 23.9 Å². The minimum Gasteiger partial charge on any atom is -0.457 e. The summed E-state index contributed by atoms with van der Waals surface area (Å²) in [5.74, 6) is 1.67. The summed E-state index contributed by atoms with van der Waals surface area (Å²) in [6, 6.07) is 24.2. The zero-order valence-corrected chi connectivity index (χ0v) is 23.2. The summed E-state index contributed by atoms with van der Waals surface area (Å²) in [4.78, 5) is 29.4. The van der Waals surface area contributed by atoms with Crippen molar-refractivity contribution in [1.82, 2.24) is 14.8 Å². The molecule has 0 bridgehead atoms. The normalized spacial score (nSPS) is 10.9. The zero-order chi connectivity index (χ0) is 28.8. The number of carbonyl (C=O) groups is 2. The molecule has 0 aliphatic heterocycles. The molecule has 0 aliphatic rings. The minimum atomic E-state index is -0.390. The Labute approximate surface area is 238 Å². The number of fused-ring (bicyclic) bond motifs is 1. The second kappa shape index (κ2) is 12.4. The number of hydrogen-bond acceptors (Lipinski definition) is 6. The molecule has 2 amide bonds. The minimum absolute atomic E-state index is 0.0352. The largest absolute Gasteiger partial charge is 0.457 e. The van der Waals surface area contributed by atoms with E-state index in [0.717, 1.165) is 34.1 Å². The van der Waals surface area contributed by atoms with Crippen LogP contribution in [0.2, 0.25) is 0 Å². The number of nitrogens with one attached hydrogen (secondary N) is 2. The second-order valence-electron chi connectivity index (χ2n) is 9.59. The molecule has 2 aromatic heterocycles. The SMILES string of the molecule is CCc1cc(NC(=O)Nc2ccc(Oc3ccnc(CC(=O)COC)c3)c3ccccc23)n(-c2ccc(C)cc2)n1. The average molecular weight is 550 g/mol. The molecule has 9 heteroatoms. The quantitative estimate of drug-likeness (QED) is 0.206. The van der Waals surface area contributed by atoms with Crippen LogP contribution in [0.3, 0.4) is 0 Å². The number of urea groups is 1. The number of carbonyl (C=O) groups excluding carboxylic acids is 2. The molecule has 0 saturated heterocycles. The number of anilines is 2. The lowest BCUT2D eigenvalue weighted by Crippen LogP contribution is -2.21. The first-order valence-electron chi connectivity index (χ1n) is 13.3. The smallest absolute Gasteiger partial charge is 0.324 e. The lowest BCUT2D eigenvalue weighted by atomic mass is 10.1. The van der Waals surface area contributed by atoms with Gasteiger partial charge in [0.25, 0.3) is 0 Å². The van der Waals surface area contributed by atoms with Gasteiger partial charge in [0.05, 0.1) is 29.2 Å². The molecule has 0 fully saturated rings. The number of pyridine rings is 1. The van der Waals surface area contributed by atoms with Gasteiger partial charge in [-0.3, -0.25) is 15.1 Å². The van der Waals surface area contributed by atoms with E-state index in [4.69, 9.17) is 9.47 Å². The van der Waals surface area contributed by atoms with Crippen molar-refractivity contribution in [2.75, 3.05) is 24.4 Å². The molecular formula is C32H31N5O4. The number of methoxy groups -OCH3 is 1. The number of aryl methyl sites for hydroxylation is 2. The number of hydrogen-bond donors (Lipinski definition) is 2. The summed E-state index contributed by atoms with van der Waals surface area (Å²) in [6.45, 7) is 4.08. The molecule has 2 N–H and O–H groups in total. The lowest BCUT2D eigenvalue weighted by molar-refractivity contribution is -0.122. The number of benzene rings is 3. The zero-order valence-electron chi connectivity index (χ0n) is 23.2. The molecule has 5 aromatic rings. The fraction of sp³-hybridized carbons (Fsp3) is 0.188. The van der Waals surface area contributed by atoms with Crippen LogP contribution < -0.4 is 15.4 Å². The molecule has 5 rings (SSSR count). The Balaban J connectivity index is 1.36. The highest BCUT2D eigenvalue weighted by Crippen LogP contribution is 2.34. The third-order valence-corrected chi connectivity index (χ3v) is 6.47. The number of rotatable bonds is 10. The average Bonchev–Trinajstić information content (AvgIpc) is 3.37. The van der Waals surface area contributed by atoms with Crippen molar-refractivity contribution < 1.29 is 19.1 Å². The van der Waals surface area contributed by atoms with Gasteiger partial charge in [0.2, 0.25) is 0 Å². The summed E-state index contributed by atoms with van der Waals surface area (Å²) in [5, 5.41) is 12.2. The van der Waals surface area contributed by atoms with Crippen LogP contribution in [-0.4, -0.2) is 40.3 Å². The fourth-order valence-corrected chi connectivity index (χ4v) is 4.47. The monoisotopic (exact) mass is 549 g/mol. The summed E-state index contributed by atoms with van der Waals surface area (Å²) in [5.41, 5.74) is 4.10. The van der Waals surface area contributed by atoms with Crippen LogP contribution in [-0.2, 0) is 22.4 Å². The Kier molecular flexibility index (Phi) is 8.36. The Morgan fingerprint density at radius 3 is 2.44 bits per heavy atom. The van der Waals surface area contributed by atoms with E-state index in [9.17, 15) is 9.59 Å². The molecule has 3 aromatic carbocycles. The van der Waals surface area contributed by atoms with Crippen LogP contribution in [0.5, 0.6) is 11.5 Å². The van der Waals surface area contributed by atoms with E-state index in [0.29, 0.717) is 28.7 Å². The summed E-state index contributed by atoms with van der Waals surface area (Å²) >= 11 is 0. The topological polar surface area (TPSA) is 107 Å². The number of ketones is 1. The van der Waals surface area contributed by atoms with Crippen molar-refractivity contribution in [2.24, 2.45) is 0 Å². The van der Waals surface area contributed by atoms with Crippen molar-refractivity contribution in [1.29, 1.82) is 0 Å². The summed E-state index contributed by atoms with van der Waals surface area (Å²) < 4.78 is 12.8. The second-order valence-corrected chi connectivity index (χ2v) is 9.59. The Morgan fingerprint density at radius 1 is 0.902 bits per heavy atom. The highest BCUT2D eigenvalue weighted by Gasteiger charge is 2.15. The number of aromatic nitrogens is 3. The summed E-state index contributed by atoms with van der Waals surface area (Å²) in [7, 11) is 1.49. The van der Waals surface area contributed by atoms with Crippen LogP contribution in [0, 0.1) is 6.92 Å². The van der Waals surface area contributed by atoms with Gasteiger partial charge in [-0.1, -0.05) is 48.9 Å². The van der Waals surface area contributed by atoms with Gasteiger partial charge in [-0.25, -0.2) is 9.48 Å². The van der Waals surface area contributed by atoms with Crippen LogP contribution in [0.25, 0.3) is 16.5 Å². The van der Waals surface area contributed by atoms with Crippen molar-refractivity contribution in [2.45, 2.75) is 26.7 Å². The lowest BCUT2D eigenvalue weighted by Gasteiger charge is -2.14. The molecule has 0 spiro atoms.